The molecule has 0 spiro atoms. The molecule has 0 unspecified atom stereocenters. The van der Waals surface area contributed by atoms with Crippen LogP contribution in [0.5, 0.6) is 0 Å². The molecule has 0 radical (unpaired) electrons. The lowest BCUT2D eigenvalue weighted by Gasteiger charge is -2.10. The summed E-state index contributed by atoms with van der Waals surface area (Å²) in [6.07, 6.45) is 3.11. The maximum absolute atomic E-state index is 12.7. The molecule has 0 saturated heterocycles. The zero-order valence-corrected chi connectivity index (χ0v) is 18.8. The van der Waals surface area contributed by atoms with Crippen LogP contribution in [-0.4, -0.2) is 31.3 Å². The van der Waals surface area contributed by atoms with E-state index in [0.717, 1.165) is 25.0 Å². The van der Waals surface area contributed by atoms with Crippen molar-refractivity contribution in [3.05, 3.63) is 68.7 Å². The molecule has 1 aliphatic rings. The molecular weight excluding hydrogens is 436 g/mol. The minimum absolute atomic E-state index is 0.0153. The molecule has 1 aliphatic carbocycles. The van der Waals surface area contributed by atoms with Crippen LogP contribution >= 0.6 is 11.3 Å². The van der Waals surface area contributed by atoms with E-state index in [0.29, 0.717) is 21.8 Å². The van der Waals surface area contributed by atoms with Gasteiger partial charge in [-0.25, -0.2) is 18.4 Å². The second-order valence-electron chi connectivity index (χ2n) is 7.57. The Labute approximate surface area is 184 Å². The Balaban J connectivity index is 1.49. The quantitative estimate of drug-likeness (QED) is 0.450. The summed E-state index contributed by atoms with van der Waals surface area (Å²) < 4.78 is 30.0. The summed E-state index contributed by atoms with van der Waals surface area (Å²) in [5.41, 5.74) is 3.84. The van der Waals surface area contributed by atoms with E-state index in [-0.39, 0.29) is 17.3 Å². The highest BCUT2D eigenvalue weighted by Gasteiger charge is 2.22. The Morgan fingerprint density at radius 1 is 1.13 bits per heavy atom. The molecule has 2 N–H and O–H groups in total. The van der Waals surface area contributed by atoms with E-state index in [1.54, 1.807) is 25.1 Å². The standard InChI is InChI=1S/C22H22N2O5S2/c1-13-10-18(14(2)24(13)16-6-8-17(9-7-16)31(23,27)28)19(25)12-29-22(26)21-11-15-4-3-5-20(15)30-21/h6-11H,3-5,12H2,1-2H3,(H2,23,27,28). The number of ether oxygens (including phenoxy) is 1. The van der Waals surface area contributed by atoms with Gasteiger partial charge in [-0.05, 0) is 75.1 Å². The van der Waals surface area contributed by atoms with Gasteiger partial charge in [0.2, 0.25) is 15.8 Å². The molecule has 1 aromatic carbocycles. The fourth-order valence-corrected chi connectivity index (χ4v) is 5.60. The Hall–Kier alpha value is -2.75. The number of sulfonamides is 1. The van der Waals surface area contributed by atoms with Crippen LogP contribution in [0.2, 0.25) is 0 Å². The van der Waals surface area contributed by atoms with E-state index >= 15 is 0 Å². The fourth-order valence-electron chi connectivity index (χ4n) is 3.94. The molecule has 0 fully saturated rings. The van der Waals surface area contributed by atoms with E-state index < -0.39 is 16.0 Å². The van der Waals surface area contributed by atoms with Crippen molar-refractivity contribution in [1.82, 2.24) is 4.57 Å². The number of primary sulfonamides is 1. The summed E-state index contributed by atoms with van der Waals surface area (Å²) in [5.74, 6) is -0.766. The summed E-state index contributed by atoms with van der Waals surface area (Å²) >= 11 is 1.45. The van der Waals surface area contributed by atoms with Crippen LogP contribution in [-0.2, 0) is 27.6 Å². The number of esters is 1. The highest BCUT2D eigenvalue weighted by atomic mass is 32.2. The van der Waals surface area contributed by atoms with Gasteiger partial charge in [0.15, 0.2) is 6.61 Å². The molecule has 2 heterocycles. The van der Waals surface area contributed by atoms with Gasteiger partial charge < -0.3 is 9.30 Å². The van der Waals surface area contributed by atoms with E-state index in [1.165, 1.54) is 33.9 Å². The number of nitrogens with zero attached hydrogens (tertiary/aromatic N) is 1. The molecule has 0 amide bonds. The molecule has 0 bridgehead atoms. The van der Waals surface area contributed by atoms with E-state index in [4.69, 9.17) is 9.88 Å². The number of hydrogen-bond acceptors (Lipinski definition) is 6. The first kappa shape index (κ1) is 21.5. The summed E-state index contributed by atoms with van der Waals surface area (Å²) in [6.45, 7) is 3.30. The SMILES string of the molecule is Cc1cc(C(=O)COC(=O)c2cc3c(s2)CCC3)c(C)n1-c1ccc(S(N)(=O)=O)cc1. The van der Waals surface area contributed by atoms with Crippen molar-refractivity contribution in [2.75, 3.05) is 6.61 Å². The number of hydrogen-bond donors (Lipinski definition) is 1. The van der Waals surface area contributed by atoms with Gasteiger partial charge in [-0.2, -0.15) is 0 Å². The predicted octanol–water partition coefficient (Wildman–Crippen LogP) is 3.33. The third-order valence-corrected chi connectivity index (χ3v) is 7.58. The van der Waals surface area contributed by atoms with Crippen LogP contribution in [0.1, 0.15) is 48.3 Å². The third kappa shape index (κ3) is 4.21. The van der Waals surface area contributed by atoms with E-state index in [2.05, 4.69) is 0 Å². The zero-order chi connectivity index (χ0) is 22.3. The number of thiophene rings is 1. The second kappa shape index (κ2) is 8.07. The molecule has 2 aromatic heterocycles. The molecule has 0 atom stereocenters. The van der Waals surface area contributed by atoms with Crippen molar-refractivity contribution in [3.8, 4) is 5.69 Å². The van der Waals surface area contributed by atoms with Crippen molar-refractivity contribution >= 4 is 33.1 Å². The van der Waals surface area contributed by atoms with Crippen LogP contribution in [0.15, 0.2) is 41.3 Å². The first-order chi connectivity index (χ1) is 14.6. The number of Topliss-reactive ketones (excluding diaryl/α,β-unsaturated/α-hetero) is 1. The van der Waals surface area contributed by atoms with Crippen LogP contribution in [0.25, 0.3) is 5.69 Å². The van der Waals surface area contributed by atoms with Crippen LogP contribution in [0, 0.1) is 13.8 Å². The minimum atomic E-state index is -3.78. The van der Waals surface area contributed by atoms with E-state index in [1.807, 2.05) is 17.6 Å². The number of nitrogens with two attached hydrogens (primary N) is 1. The molecule has 7 nitrogen and oxygen atoms in total. The number of rotatable bonds is 6. The lowest BCUT2D eigenvalue weighted by atomic mass is 10.1. The van der Waals surface area contributed by atoms with Gasteiger partial charge in [-0.1, -0.05) is 0 Å². The summed E-state index contributed by atoms with van der Waals surface area (Å²) in [6, 6.07) is 9.71. The highest BCUT2D eigenvalue weighted by molar-refractivity contribution is 7.89. The average molecular weight is 459 g/mol. The number of carbonyl (C=O) groups is 2. The Morgan fingerprint density at radius 3 is 2.48 bits per heavy atom. The minimum Gasteiger partial charge on any atom is -0.453 e. The summed E-state index contributed by atoms with van der Waals surface area (Å²) in [4.78, 5) is 26.9. The molecule has 0 aliphatic heterocycles. The first-order valence-electron chi connectivity index (χ1n) is 9.79. The van der Waals surface area contributed by atoms with Crippen molar-refractivity contribution in [2.24, 2.45) is 5.14 Å². The summed E-state index contributed by atoms with van der Waals surface area (Å²) in [7, 11) is -3.78. The van der Waals surface area contributed by atoms with Gasteiger partial charge in [0.1, 0.15) is 4.88 Å². The number of carbonyl (C=O) groups excluding carboxylic acids is 2. The van der Waals surface area contributed by atoms with Gasteiger partial charge in [0.25, 0.3) is 0 Å². The smallest absolute Gasteiger partial charge is 0.348 e. The van der Waals surface area contributed by atoms with Crippen molar-refractivity contribution in [3.63, 3.8) is 0 Å². The fraction of sp³-hybridized carbons (Fsp3) is 0.273. The maximum Gasteiger partial charge on any atom is 0.348 e. The van der Waals surface area contributed by atoms with Gasteiger partial charge in [0.05, 0.1) is 4.90 Å². The lowest BCUT2D eigenvalue weighted by molar-refractivity contribution is 0.0479. The molecule has 9 heteroatoms. The van der Waals surface area contributed by atoms with Crippen molar-refractivity contribution < 1.29 is 22.7 Å². The van der Waals surface area contributed by atoms with Gasteiger partial charge in [-0.3, -0.25) is 4.79 Å². The molecule has 4 rings (SSSR count). The number of aryl methyl sites for hydroxylation is 3. The molecule has 162 valence electrons. The lowest BCUT2D eigenvalue weighted by Crippen LogP contribution is -2.14. The van der Waals surface area contributed by atoms with Crippen LogP contribution in [0.3, 0.4) is 0 Å². The number of fused-ring (bicyclic) bond motifs is 1. The highest BCUT2D eigenvalue weighted by Crippen LogP contribution is 2.31. The van der Waals surface area contributed by atoms with Gasteiger partial charge in [0, 0.05) is 27.5 Å². The third-order valence-electron chi connectivity index (χ3n) is 5.44. The maximum atomic E-state index is 12.7. The average Bonchev–Trinajstić information content (AvgIpc) is 3.39. The number of ketones is 1. The topological polar surface area (TPSA) is 108 Å². The Kier molecular flexibility index (Phi) is 5.59. The van der Waals surface area contributed by atoms with Gasteiger partial charge >= 0.3 is 5.97 Å². The van der Waals surface area contributed by atoms with Crippen LogP contribution < -0.4 is 5.14 Å². The predicted molar refractivity (Wildman–Crippen MR) is 118 cm³/mol. The van der Waals surface area contributed by atoms with Crippen molar-refractivity contribution in [1.29, 1.82) is 0 Å². The molecule has 0 saturated carbocycles. The Morgan fingerprint density at radius 2 is 1.84 bits per heavy atom. The largest absolute Gasteiger partial charge is 0.453 e. The van der Waals surface area contributed by atoms with Gasteiger partial charge in [-0.15, -0.1) is 11.3 Å². The second-order valence-corrected chi connectivity index (χ2v) is 10.3. The van der Waals surface area contributed by atoms with E-state index in [9.17, 15) is 18.0 Å². The zero-order valence-electron chi connectivity index (χ0n) is 17.2. The number of benzene rings is 1. The Bertz CT molecular complexity index is 1260. The molecular formula is C22H22N2O5S2. The monoisotopic (exact) mass is 458 g/mol. The van der Waals surface area contributed by atoms with Crippen molar-refractivity contribution in [2.45, 2.75) is 38.0 Å². The summed E-state index contributed by atoms with van der Waals surface area (Å²) in [5, 5.41) is 5.15. The first-order valence-corrected chi connectivity index (χ1v) is 12.2. The molecule has 31 heavy (non-hydrogen) atoms. The van der Waals surface area contributed by atoms with Crippen LogP contribution in [0.4, 0.5) is 0 Å². The molecule has 3 aromatic rings. The normalized spacial score (nSPS) is 13.3. The number of aromatic nitrogens is 1.